The summed E-state index contributed by atoms with van der Waals surface area (Å²) in [5.74, 6) is -1.60. The number of carboxylic acids is 1. The molecule has 2 aromatic rings. The molecule has 1 aliphatic carbocycles. The van der Waals surface area contributed by atoms with Crippen LogP contribution in [0.2, 0.25) is 0 Å². The van der Waals surface area contributed by atoms with E-state index in [9.17, 15) is 9.59 Å². The van der Waals surface area contributed by atoms with Crippen molar-refractivity contribution in [2.75, 3.05) is 0 Å². The number of carbonyl (C=O) groups is 2. The molecule has 0 fully saturated rings. The van der Waals surface area contributed by atoms with Gasteiger partial charge < -0.3 is 10.4 Å². The number of aryl methyl sites for hydroxylation is 3. The molecule has 22 heavy (non-hydrogen) atoms. The Morgan fingerprint density at radius 1 is 1.41 bits per heavy atom. The molecule has 0 spiro atoms. The zero-order valence-corrected chi connectivity index (χ0v) is 13.1. The number of carbonyl (C=O) groups excluding carboxylic acids is 1. The number of hydrogen-bond acceptors (Lipinski definition) is 4. The second-order valence-electron chi connectivity index (χ2n) is 5.42. The molecule has 0 aliphatic heterocycles. The van der Waals surface area contributed by atoms with E-state index in [-0.39, 0.29) is 11.3 Å². The van der Waals surface area contributed by atoms with E-state index >= 15 is 0 Å². The van der Waals surface area contributed by atoms with Crippen molar-refractivity contribution < 1.29 is 14.7 Å². The van der Waals surface area contributed by atoms with Gasteiger partial charge in [-0.05, 0) is 37.3 Å². The number of fused-ring (bicyclic) bond motifs is 1. The fraction of sp³-hybridized carbons (Fsp3) is 0.400. The van der Waals surface area contributed by atoms with Crippen molar-refractivity contribution in [3.05, 3.63) is 38.8 Å². The van der Waals surface area contributed by atoms with Crippen LogP contribution in [0.5, 0.6) is 0 Å². The van der Waals surface area contributed by atoms with Gasteiger partial charge in [0.15, 0.2) is 5.69 Å². The molecule has 0 saturated heterocycles. The summed E-state index contributed by atoms with van der Waals surface area (Å²) in [5, 5.41) is 15.8. The third kappa shape index (κ3) is 2.89. The molecule has 3 rings (SSSR count). The number of rotatable bonds is 4. The van der Waals surface area contributed by atoms with Gasteiger partial charge >= 0.3 is 5.97 Å². The van der Waals surface area contributed by atoms with Gasteiger partial charge in [-0.15, -0.1) is 11.3 Å². The number of aromatic carboxylic acids is 1. The molecule has 0 aromatic carbocycles. The van der Waals surface area contributed by atoms with Crippen molar-refractivity contribution in [2.24, 2.45) is 7.05 Å². The van der Waals surface area contributed by atoms with E-state index in [2.05, 4.69) is 16.5 Å². The van der Waals surface area contributed by atoms with Crippen molar-refractivity contribution in [3.8, 4) is 0 Å². The van der Waals surface area contributed by atoms with E-state index in [4.69, 9.17) is 5.11 Å². The molecular formula is C15H17N3O3S. The summed E-state index contributed by atoms with van der Waals surface area (Å²) < 4.78 is 1.34. The highest BCUT2D eigenvalue weighted by atomic mass is 32.1. The quantitative estimate of drug-likeness (QED) is 0.902. The van der Waals surface area contributed by atoms with Gasteiger partial charge in [-0.25, -0.2) is 4.79 Å². The van der Waals surface area contributed by atoms with Crippen LogP contribution in [0.3, 0.4) is 0 Å². The van der Waals surface area contributed by atoms with Gasteiger partial charge in [0.2, 0.25) is 0 Å². The third-order valence-corrected chi connectivity index (χ3v) is 4.98. The Bertz CT molecular complexity index is 709. The summed E-state index contributed by atoms with van der Waals surface area (Å²) >= 11 is 1.73. The summed E-state index contributed by atoms with van der Waals surface area (Å²) in [6.45, 7) is 0.409. The molecular weight excluding hydrogens is 302 g/mol. The van der Waals surface area contributed by atoms with Gasteiger partial charge in [0.1, 0.15) is 5.56 Å². The Morgan fingerprint density at radius 3 is 2.91 bits per heavy atom. The summed E-state index contributed by atoms with van der Waals surface area (Å²) in [7, 11) is 1.59. The molecule has 2 heterocycles. The van der Waals surface area contributed by atoms with Crippen LogP contribution in [0, 0.1) is 0 Å². The molecule has 2 N–H and O–H groups in total. The Balaban J connectivity index is 1.70. The smallest absolute Gasteiger partial charge is 0.339 e. The zero-order chi connectivity index (χ0) is 15.7. The highest BCUT2D eigenvalue weighted by Crippen LogP contribution is 2.29. The number of aromatic nitrogens is 2. The fourth-order valence-corrected chi connectivity index (χ4v) is 3.90. The lowest BCUT2D eigenvalue weighted by atomic mass is 9.99. The molecule has 1 aliphatic rings. The molecule has 116 valence electrons. The van der Waals surface area contributed by atoms with Crippen LogP contribution >= 0.6 is 11.3 Å². The lowest BCUT2D eigenvalue weighted by molar-refractivity contribution is 0.0691. The first-order valence-electron chi connectivity index (χ1n) is 7.20. The topological polar surface area (TPSA) is 84.2 Å². The zero-order valence-electron chi connectivity index (χ0n) is 12.3. The summed E-state index contributed by atoms with van der Waals surface area (Å²) in [5.41, 5.74) is 1.27. The Kier molecular flexibility index (Phi) is 3.98. The highest BCUT2D eigenvalue weighted by Gasteiger charge is 2.21. The van der Waals surface area contributed by atoms with E-state index in [1.165, 1.54) is 34.2 Å². The maximum atomic E-state index is 12.2. The van der Waals surface area contributed by atoms with Crippen molar-refractivity contribution in [2.45, 2.75) is 32.2 Å². The molecule has 0 atom stereocenters. The summed E-state index contributed by atoms with van der Waals surface area (Å²) in [6.07, 6.45) is 6.03. The molecule has 0 saturated carbocycles. The lowest BCUT2D eigenvalue weighted by Gasteiger charge is -2.08. The molecule has 6 nitrogen and oxygen atoms in total. The van der Waals surface area contributed by atoms with Crippen molar-refractivity contribution in [1.82, 2.24) is 15.1 Å². The first-order chi connectivity index (χ1) is 10.5. The summed E-state index contributed by atoms with van der Waals surface area (Å²) in [4.78, 5) is 25.8. The van der Waals surface area contributed by atoms with Gasteiger partial charge in [0, 0.05) is 23.0 Å². The van der Waals surface area contributed by atoms with E-state index in [0.29, 0.717) is 6.54 Å². The van der Waals surface area contributed by atoms with E-state index in [1.807, 2.05) is 0 Å². The predicted molar refractivity (Wildman–Crippen MR) is 82.3 cm³/mol. The van der Waals surface area contributed by atoms with Gasteiger partial charge in [-0.1, -0.05) is 0 Å². The standard InChI is InChI=1S/C15H17N3O3S/c1-18-8-11(15(20)21)13(17-18)14(19)16-7-10-6-9-4-2-3-5-12(9)22-10/h6,8H,2-5,7H2,1H3,(H,16,19)(H,20,21). The average molecular weight is 319 g/mol. The number of thiophene rings is 1. The molecule has 1 amide bonds. The van der Waals surface area contributed by atoms with Crippen LogP contribution in [-0.4, -0.2) is 26.8 Å². The lowest BCUT2D eigenvalue weighted by Crippen LogP contribution is -2.24. The first-order valence-corrected chi connectivity index (χ1v) is 8.02. The number of hydrogen-bond donors (Lipinski definition) is 2. The molecule has 2 aromatic heterocycles. The minimum atomic E-state index is -1.15. The van der Waals surface area contributed by atoms with Crippen LogP contribution in [0.1, 0.15) is 49.0 Å². The molecule has 0 unspecified atom stereocenters. The molecule has 0 radical (unpaired) electrons. The van der Waals surface area contributed by atoms with Crippen molar-refractivity contribution in [1.29, 1.82) is 0 Å². The van der Waals surface area contributed by atoms with Crippen LogP contribution < -0.4 is 5.32 Å². The molecule has 0 bridgehead atoms. The summed E-state index contributed by atoms with van der Waals surface area (Å²) in [6, 6.07) is 2.15. The predicted octanol–water partition coefficient (Wildman–Crippen LogP) is 1.99. The average Bonchev–Trinajstić information content (AvgIpc) is 3.07. The number of nitrogens with zero attached hydrogens (tertiary/aromatic N) is 2. The van der Waals surface area contributed by atoms with Gasteiger partial charge in [-0.3, -0.25) is 9.48 Å². The second kappa shape index (κ2) is 5.92. The van der Waals surface area contributed by atoms with Crippen molar-refractivity contribution in [3.63, 3.8) is 0 Å². The largest absolute Gasteiger partial charge is 0.478 e. The van der Waals surface area contributed by atoms with Gasteiger partial charge in [-0.2, -0.15) is 5.10 Å². The number of carboxylic acid groups (broad SMARTS) is 1. The van der Waals surface area contributed by atoms with Gasteiger partial charge in [0.05, 0.1) is 6.54 Å². The van der Waals surface area contributed by atoms with Gasteiger partial charge in [0.25, 0.3) is 5.91 Å². The maximum Gasteiger partial charge on any atom is 0.339 e. The minimum Gasteiger partial charge on any atom is -0.478 e. The van der Waals surface area contributed by atoms with E-state index in [0.717, 1.165) is 17.7 Å². The number of nitrogens with one attached hydrogen (secondary N) is 1. The SMILES string of the molecule is Cn1cc(C(=O)O)c(C(=O)NCc2cc3c(s2)CCCC3)n1. The fourth-order valence-electron chi connectivity index (χ4n) is 2.70. The number of amides is 1. The third-order valence-electron chi connectivity index (χ3n) is 3.75. The normalized spacial score (nSPS) is 13.7. The van der Waals surface area contributed by atoms with Crippen LogP contribution in [-0.2, 0) is 26.4 Å². The Morgan fingerprint density at radius 2 is 2.18 bits per heavy atom. The maximum absolute atomic E-state index is 12.2. The minimum absolute atomic E-state index is 0.0451. The van der Waals surface area contributed by atoms with E-state index in [1.54, 1.807) is 18.4 Å². The van der Waals surface area contributed by atoms with Crippen LogP contribution in [0.4, 0.5) is 0 Å². The van der Waals surface area contributed by atoms with Crippen molar-refractivity contribution >= 4 is 23.2 Å². The Hall–Kier alpha value is -2.15. The molecule has 7 heteroatoms. The Labute approximate surface area is 131 Å². The highest BCUT2D eigenvalue weighted by molar-refractivity contribution is 7.12. The van der Waals surface area contributed by atoms with Crippen LogP contribution in [0.15, 0.2) is 12.3 Å². The second-order valence-corrected chi connectivity index (χ2v) is 6.64. The van der Waals surface area contributed by atoms with E-state index < -0.39 is 11.9 Å². The first kappa shape index (κ1) is 14.8. The monoisotopic (exact) mass is 319 g/mol. The van der Waals surface area contributed by atoms with Crippen LogP contribution in [0.25, 0.3) is 0 Å².